The molecule has 15 heteroatoms. The van der Waals surface area contributed by atoms with Crippen LogP contribution in [0.5, 0.6) is 0 Å². The molecule has 3 fully saturated rings. The number of aryl methyl sites for hydroxylation is 1. The number of halogens is 3. The van der Waals surface area contributed by atoms with Gasteiger partial charge in [-0.1, -0.05) is 0 Å². The maximum absolute atomic E-state index is 13.8. The van der Waals surface area contributed by atoms with Gasteiger partial charge in [-0.15, -0.1) is 0 Å². The number of hydrogen-bond acceptors (Lipinski definition) is 7. The Bertz CT molecular complexity index is 1590. The van der Waals surface area contributed by atoms with Crippen molar-refractivity contribution in [1.29, 1.82) is 0 Å². The fourth-order valence-corrected chi connectivity index (χ4v) is 6.94. The van der Waals surface area contributed by atoms with Gasteiger partial charge in [0.1, 0.15) is 5.69 Å². The summed E-state index contributed by atoms with van der Waals surface area (Å²) in [7, 11) is 1.28. The number of imidazole rings is 1. The van der Waals surface area contributed by atoms with Gasteiger partial charge in [0.25, 0.3) is 5.91 Å². The Labute approximate surface area is 256 Å². The SMILES string of the molecule is CCn1nccc1C(=O)N[C@H](c1cn2nc(C(COC)C3(C(=O)O)C[C@@H](C(F)(F)F)CNC3=O)ccc2n1)C(C1CC1)C1CC1. The van der Waals surface area contributed by atoms with E-state index in [4.69, 9.17) is 9.72 Å². The molecular formula is C30H36F3N7O5. The van der Waals surface area contributed by atoms with Gasteiger partial charge < -0.3 is 20.5 Å². The Balaban J connectivity index is 1.38. The molecule has 45 heavy (non-hydrogen) atoms. The van der Waals surface area contributed by atoms with Crippen molar-refractivity contribution >= 4 is 23.4 Å². The molecule has 4 heterocycles. The smallest absolute Gasteiger partial charge is 0.393 e. The maximum atomic E-state index is 13.8. The van der Waals surface area contributed by atoms with E-state index in [0.717, 1.165) is 25.7 Å². The number of ether oxygens (including phenoxy) is 1. The van der Waals surface area contributed by atoms with E-state index in [0.29, 0.717) is 35.4 Å². The minimum absolute atomic E-state index is 0.0713. The number of fused-ring (bicyclic) bond motifs is 1. The van der Waals surface area contributed by atoms with Crippen LogP contribution in [0.1, 0.15) is 72.9 Å². The third-order valence-corrected chi connectivity index (χ3v) is 9.54. The molecule has 2 amide bonds. The van der Waals surface area contributed by atoms with Crippen LogP contribution in [0.3, 0.4) is 0 Å². The Morgan fingerprint density at radius 3 is 2.49 bits per heavy atom. The number of nitrogens with one attached hydrogen (secondary N) is 2. The van der Waals surface area contributed by atoms with Crippen LogP contribution < -0.4 is 10.6 Å². The lowest BCUT2D eigenvalue weighted by atomic mass is 9.65. The highest BCUT2D eigenvalue weighted by molar-refractivity contribution is 6.03. The second-order valence-electron chi connectivity index (χ2n) is 12.4. The zero-order valence-corrected chi connectivity index (χ0v) is 25.0. The lowest BCUT2D eigenvalue weighted by Gasteiger charge is -2.41. The number of methoxy groups -OCH3 is 1. The summed E-state index contributed by atoms with van der Waals surface area (Å²) >= 11 is 0. The number of carboxylic acid groups (broad SMARTS) is 1. The van der Waals surface area contributed by atoms with Crippen LogP contribution in [0.2, 0.25) is 0 Å². The summed E-state index contributed by atoms with van der Waals surface area (Å²) < 4.78 is 49.7. The van der Waals surface area contributed by atoms with Crippen molar-refractivity contribution in [1.82, 2.24) is 35.0 Å². The summed E-state index contributed by atoms with van der Waals surface area (Å²) in [5.74, 6) is -5.31. The van der Waals surface area contributed by atoms with E-state index < -0.39 is 54.3 Å². The summed E-state index contributed by atoms with van der Waals surface area (Å²) in [6.45, 7) is 1.36. The zero-order chi connectivity index (χ0) is 32.1. The van der Waals surface area contributed by atoms with E-state index in [2.05, 4.69) is 20.8 Å². The van der Waals surface area contributed by atoms with Crippen LogP contribution in [-0.2, 0) is 20.9 Å². The lowest BCUT2D eigenvalue weighted by molar-refractivity contribution is -0.197. The molecular weight excluding hydrogens is 595 g/mol. The highest BCUT2D eigenvalue weighted by Gasteiger charge is 2.60. The summed E-state index contributed by atoms with van der Waals surface area (Å²) in [6, 6.07) is 4.28. The molecule has 3 aromatic rings. The predicted molar refractivity (Wildman–Crippen MR) is 152 cm³/mol. The van der Waals surface area contributed by atoms with Crippen LogP contribution in [0, 0.1) is 29.1 Å². The van der Waals surface area contributed by atoms with Gasteiger partial charge >= 0.3 is 12.1 Å². The topological polar surface area (TPSA) is 153 Å². The van der Waals surface area contributed by atoms with Gasteiger partial charge in [-0.25, -0.2) is 9.50 Å². The number of carbonyl (C=O) groups excluding carboxylic acids is 2. The Morgan fingerprint density at radius 1 is 1.18 bits per heavy atom. The first-order valence-electron chi connectivity index (χ1n) is 15.2. The van der Waals surface area contributed by atoms with Gasteiger partial charge in [-0.3, -0.25) is 19.1 Å². The van der Waals surface area contributed by atoms with Gasteiger partial charge in [0.15, 0.2) is 11.1 Å². The number of carboxylic acids is 1. The number of hydrogen-bond donors (Lipinski definition) is 3. The second-order valence-corrected chi connectivity index (χ2v) is 12.4. The van der Waals surface area contributed by atoms with Crippen molar-refractivity contribution in [2.24, 2.45) is 29.1 Å². The lowest BCUT2D eigenvalue weighted by Crippen LogP contribution is -2.59. The van der Waals surface area contributed by atoms with Crippen LogP contribution in [0.4, 0.5) is 13.2 Å². The van der Waals surface area contributed by atoms with Crippen molar-refractivity contribution < 1.29 is 37.4 Å². The Kier molecular flexibility index (Phi) is 8.08. The van der Waals surface area contributed by atoms with Crippen molar-refractivity contribution in [3.05, 3.63) is 47.7 Å². The molecule has 0 bridgehead atoms. The number of carbonyl (C=O) groups is 3. The van der Waals surface area contributed by atoms with E-state index in [1.165, 1.54) is 17.7 Å². The zero-order valence-electron chi connectivity index (χ0n) is 25.0. The molecule has 1 saturated heterocycles. The van der Waals surface area contributed by atoms with Gasteiger partial charge in [-0.2, -0.15) is 23.4 Å². The molecule has 4 atom stereocenters. The monoisotopic (exact) mass is 631 g/mol. The maximum Gasteiger partial charge on any atom is 0.393 e. The second kappa shape index (κ2) is 11.7. The standard InChI is InChI=1S/C30H36F3N7O5/c1-3-39-22(10-11-35-39)26(41)37-25(24(16-4-5-16)17-6-7-17)21-14-40-23(36-21)9-8-20(38-40)19(15-45-2)29(28(43)44)12-18(30(31,32)33)13-34-27(29)42/h8-11,14,16-19,24-25H,3-7,12-13,15H2,1-2H3,(H,34,42)(H,37,41)(H,43,44)/t18-,19?,25-,29?/m1/s1. The average molecular weight is 632 g/mol. The fourth-order valence-electron chi connectivity index (χ4n) is 6.94. The molecule has 12 nitrogen and oxygen atoms in total. The van der Waals surface area contributed by atoms with E-state index in [1.54, 1.807) is 29.2 Å². The number of piperidine rings is 1. The van der Waals surface area contributed by atoms with Crippen LogP contribution in [0.25, 0.3) is 5.65 Å². The van der Waals surface area contributed by atoms with Crippen LogP contribution in [0.15, 0.2) is 30.6 Å². The summed E-state index contributed by atoms with van der Waals surface area (Å²) in [5.41, 5.74) is -0.995. The molecule has 2 aliphatic carbocycles. The van der Waals surface area contributed by atoms with Gasteiger partial charge in [0.05, 0.1) is 42.1 Å². The largest absolute Gasteiger partial charge is 0.480 e. The first kappa shape index (κ1) is 31.0. The number of alkyl halides is 3. The fraction of sp³-hybridized carbons (Fsp3) is 0.600. The van der Waals surface area contributed by atoms with E-state index in [9.17, 15) is 32.7 Å². The number of nitrogens with zero attached hydrogens (tertiary/aromatic N) is 5. The predicted octanol–water partition coefficient (Wildman–Crippen LogP) is 3.35. The molecule has 6 rings (SSSR count). The summed E-state index contributed by atoms with van der Waals surface area (Å²) in [6.07, 6.45) is 1.83. The highest BCUT2D eigenvalue weighted by Crippen LogP contribution is 2.54. The Morgan fingerprint density at radius 2 is 1.89 bits per heavy atom. The van der Waals surface area contributed by atoms with Crippen molar-refractivity contribution in [3.8, 4) is 0 Å². The number of rotatable bonds is 12. The Hall–Kier alpha value is -4.01. The van der Waals surface area contributed by atoms with E-state index in [-0.39, 0.29) is 24.1 Å². The van der Waals surface area contributed by atoms with Gasteiger partial charge in [0.2, 0.25) is 5.91 Å². The van der Waals surface area contributed by atoms with E-state index >= 15 is 0 Å². The third kappa shape index (κ3) is 5.77. The molecule has 242 valence electrons. The average Bonchev–Trinajstić information content (AvgIpc) is 3.93. The molecule has 3 N–H and O–H groups in total. The normalized spacial score (nSPS) is 23.6. The minimum atomic E-state index is -4.71. The molecule has 3 aromatic heterocycles. The minimum Gasteiger partial charge on any atom is -0.480 e. The summed E-state index contributed by atoms with van der Waals surface area (Å²) in [5, 5.41) is 24.5. The summed E-state index contributed by atoms with van der Waals surface area (Å²) in [4.78, 5) is 44.1. The van der Waals surface area contributed by atoms with Crippen LogP contribution >= 0.6 is 0 Å². The van der Waals surface area contributed by atoms with Gasteiger partial charge in [0, 0.05) is 26.4 Å². The molecule has 2 saturated carbocycles. The molecule has 1 aliphatic heterocycles. The van der Waals surface area contributed by atoms with Crippen molar-refractivity contribution in [2.45, 2.75) is 63.7 Å². The third-order valence-electron chi connectivity index (χ3n) is 9.54. The number of aromatic nitrogens is 5. The molecule has 0 aromatic carbocycles. The molecule has 0 spiro atoms. The number of amides is 2. The molecule has 3 aliphatic rings. The quantitative estimate of drug-likeness (QED) is 0.258. The first-order chi connectivity index (χ1) is 21.5. The molecule has 0 radical (unpaired) electrons. The molecule has 2 unspecified atom stereocenters. The van der Waals surface area contributed by atoms with Crippen LogP contribution in [-0.4, -0.2) is 73.7 Å². The number of aliphatic carboxylic acids is 1. The highest BCUT2D eigenvalue weighted by atomic mass is 19.4. The van der Waals surface area contributed by atoms with Crippen molar-refractivity contribution in [3.63, 3.8) is 0 Å². The van der Waals surface area contributed by atoms with Gasteiger partial charge in [-0.05, 0) is 75.0 Å². The van der Waals surface area contributed by atoms with E-state index in [1.807, 2.05) is 6.92 Å². The first-order valence-corrected chi connectivity index (χ1v) is 15.2. The van der Waals surface area contributed by atoms with Crippen molar-refractivity contribution in [2.75, 3.05) is 20.3 Å².